The third kappa shape index (κ3) is 42.0. The zero-order valence-electron chi connectivity index (χ0n) is 37.6. The highest BCUT2D eigenvalue weighted by atomic mass is 31.2. The van der Waals surface area contributed by atoms with Crippen LogP contribution in [0.3, 0.4) is 0 Å². The Hall–Kier alpha value is -3.12. The fourth-order valence-corrected chi connectivity index (χ4v) is 6.59. The van der Waals surface area contributed by atoms with Crippen molar-refractivity contribution in [1.82, 2.24) is 0 Å². The first-order valence-corrected chi connectivity index (χ1v) is 24.6. The van der Waals surface area contributed by atoms with Crippen molar-refractivity contribution < 1.29 is 52.6 Å². The molecule has 0 aromatic carbocycles. The van der Waals surface area contributed by atoms with E-state index >= 15 is 0 Å². The molecule has 0 amide bonds. The highest BCUT2D eigenvalue weighted by Gasteiger charge is 2.28. The monoisotopic (exact) mass is 880 g/mol. The molecule has 2 unspecified atom stereocenters. The van der Waals surface area contributed by atoms with Gasteiger partial charge >= 0.3 is 25.7 Å². The van der Waals surface area contributed by atoms with Gasteiger partial charge in [0.15, 0.2) is 6.10 Å². The summed E-state index contributed by atoms with van der Waals surface area (Å²) < 4.78 is 32.6. The van der Waals surface area contributed by atoms with Gasteiger partial charge < -0.3 is 30.3 Å². The zero-order valence-corrected chi connectivity index (χ0v) is 38.5. The van der Waals surface area contributed by atoms with Crippen LogP contribution >= 0.6 is 7.82 Å². The van der Waals surface area contributed by atoms with Crippen LogP contribution in [0, 0.1) is 0 Å². The topological polar surface area (TPSA) is 192 Å². The van der Waals surface area contributed by atoms with Crippen LogP contribution in [0.25, 0.3) is 0 Å². The van der Waals surface area contributed by atoms with Gasteiger partial charge in [-0.1, -0.05) is 157 Å². The van der Waals surface area contributed by atoms with Crippen LogP contribution in [-0.2, 0) is 37.5 Å². The van der Waals surface area contributed by atoms with Gasteiger partial charge in [-0.25, -0.2) is 4.57 Å². The van der Waals surface area contributed by atoms with E-state index in [0.29, 0.717) is 25.7 Å². The van der Waals surface area contributed by atoms with Crippen LogP contribution in [0.5, 0.6) is 0 Å². The zero-order chi connectivity index (χ0) is 45.1. The molecular formula is C48H82NO11P. The molecule has 0 heterocycles. The van der Waals surface area contributed by atoms with Crippen molar-refractivity contribution in [2.45, 2.75) is 193 Å². The van der Waals surface area contributed by atoms with Gasteiger partial charge in [-0.2, -0.15) is 0 Å². The van der Waals surface area contributed by atoms with E-state index < -0.39 is 63.8 Å². The lowest BCUT2D eigenvalue weighted by Gasteiger charge is -2.20. The fourth-order valence-electron chi connectivity index (χ4n) is 5.81. The van der Waals surface area contributed by atoms with Gasteiger partial charge in [-0.3, -0.25) is 23.4 Å². The molecular weight excluding hydrogens is 797 g/mol. The Morgan fingerprint density at radius 2 is 1.08 bits per heavy atom. The van der Waals surface area contributed by atoms with Gasteiger partial charge in [0.25, 0.3) is 0 Å². The minimum Gasteiger partial charge on any atom is -0.480 e. The first-order chi connectivity index (χ1) is 29.5. The predicted octanol–water partition coefficient (Wildman–Crippen LogP) is 11.5. The number of allylic oxidation sites excluding steroid dienone is 10. The maximum atomic E-state index is 12.6. The summed E-state index contributed by atoms with van der Waals surface area (Å²) in [5.74, 6) is -2.54. The van der Waals surface area contributed by atoms with Crippen molar-refractivity contribution in [3.05, 3.63) is 72.9 Å². The van der Waals surface area contributed by atoms with E-state index in [-0.39, 0.29) is 12.8 Å². The number of carbonyl (C=O) groups excluding carboxylic acids is 2. The SMILES string of the molecule is CCCCC/C=C\C/C=C\CCCCCCCCCCCC(=O)OC[C@H](COP(=O)(O)OC[C@H](N)C(=O)O)OC(=O)CCC/C=C/C=C\C(O)C/C=C\C/C=C\CCCCC. The molecule has 0 saturated heterocycles. The summed E-state index contributed by atoms with van der Waals surface area (Å²) in [6.45, 7) is 2.59. The van der Waals surface area contributed by atoms with Crippen LogP contribution in [0.2, 0.25) is 0 Å². The lowest BCUT2D eigenvalue weighted by Crippen LogP contribution is -2.34. The summed E-state index contributed by atoms with van der Waals surface area (Å²) in [5, 5.41) is 19.0. The number of ether oxygens (including phenoxy) is 2. The quantitative estimate of drug-likeness (QED) is 0.0149. The first kappa shape index (κ1) is 57.9. The Morgan fingerprint density at radius 3 is 1.66 bits per heavy atom. The standard InChI is InChI=1S/C48H82NO11P/c1-3-5-7-9-11-13-14-15-16-17-18-19-20-21-22-24-26-30-34-38-46(51)57-40-44(41-58-61(55,56)59-42-45(49)48(53)54)60-47(52)39-35-31-27-29-33-37-43(50)36-32-28-25-23-12-10-8-6-4-2/h11-13,15-16,23,27-29,32-33,37,43-45,50H,3-10,14,17-22,24-26,30-31,34-36,38-42,49H2,1-2H3,(H,53,54)(H,55,56)/b13-11-,16-15-,23-12-,29-27+,32-28-,37-33-/t43?,44-,45+/m1/s1. The summed E-state index contributed by atoms with van der Waals surface area (Å²) in [5.41, 5.74) is 5.33. The van der Waals surface area contributed by atoms with Gasteiger partial charge in [-0.15, -0.1) is 0 Å². The number of hydrogen-bond donors (Lipinski definition) is 4. The average molecular weight is 880 g/mol. The summed E-state index contributed by atoms with van der Waals surface area (Å²) in [4.78, 5) is 46.0. The smallest absolute Gasteiger partial charge is 0.472 e. The highest BCUT2D eigenvalue weighted by Crippen LogP contribution is 2.43. The first-order valence-electron chi connectivity index (χ1n) is 23.1. The van der Waals surface area contributed by atoms with Crippen LogP contribution in [0.15, 0.2) is 72.9 Å². The molecule has 0 radical (unpaired) electrons. The molecule has 5 N–H and O–H groups in total. The Morgan fingerprint density at radius 1 is 0.590 bits per heavy atom. The van der Waals surface area contributed by atoms with Gasteiger partial charge in [0, 0.05) is 12.8 Å². The number of phosphoric acid groups is 1. The van der Waals surface area contributed by atoms with Crippen LogP contribution < -0.4 is 5.73 Å². The molecule has 0 aromatic heterocycles. The third-order valence-corrected chi connectivity index (χ3v) is 10.5. The number of unbranched alkanes of at least 4 members (excludes halogenated alkanes) is 16. The van der Waals surface area contributed by atoms with Crippen molar-refractivity contribution in [1.29, 1.82) is 0 Å². The molecule has 0 aliphatic rings. The molecule has 350 valence electrons. The minimum atomic E-state index is -4.76. The van der Waals surface area contributed by atoms with E-state index in [4.69, 9.17) is 24.8 Å². The van der Waals surface area contributed by atoms with E-state index in [9.17, 15) is 28.9 Å². The maximum Gasteiger partial charge on any atom is 0.472 e. The van der Waals surface area contributed by atoms with Crippen molar-refractivity contribution >= 4 is 25.7 Å². The third-order valence-electron chi connectivity index (χ3n) is 9.51. The lowest BCUT2D eigenvalue weighted by molar-refractivity contribution is -0.161. The number of aliphatic hydroxyl groups excluding tert-OH is 1. The van der Waals surface area contributed by atoms with E-state index in [0.717, 1.165) is 44.9 Å². The molecule has 0 spiro atoms. The Labute approximate surface area is 368 Å². The maximum absolute atomic E-state index is 12.6. The average Bonchev–Trinajstić information content (AvgIpc) is 3.23. The van der Waals surface area contributed by atoms with E-state index in [1.807, 2.05) is 18.2 Å². The van der Waals surface area contributed by atoms with Crippen molar-refractivity contribution in [3.63, 3.8) is 0 Å². The van der Waals surface area contributed by atoms with Crippen molar-refractivity contribution in [2.75, 3.05) is 19.8 Å². The Balaban J connectivity index is 4.50. The number of carboxylic acids is 1. The van der Waals surface area contributed by atoms with Crippen molar-refractivity contribution in [3.8, 4) is 0 Å². The molecule has 0 rings (SSSR count). The fraction of sp³-hybridized carbons (Fsp3) is 0.688. The lowest BCUT2D eigenvalue weighted by atomic mass is 10.1. The number of aliphatic carboxylic acids is 1. The molecule has 0 bridgehead atoms. The van der Waals surface area contributed by atoms with Gasteiger partial charge in [0.2, 0.25) is 0 Å². The minimum absolute atomic E-state index is 0.0223. The van der Waals surface area contributed by atoms with Crippen LogP contribution in [0.4, 0.5) is 0 Å². The summed E-state index contributed by atoms with van der Waals surface area (Å²) >= 11 is 0. The second-order valence-corrected chi connectivity index (χ2v) is 16.8. The molecule has 0 saturated carbocycles. The van der Waals surface area contributed by atoms with E-state index in [1.54, 1.807) is 18.2 Å². The molecule has 0 aliphatic carbocycles. The predicted molar refractivity (Wildman–Crippen MR) is 246 cm³/mol. The number of carbonyl (C=O) groups is 3. The normalized spacial score (nSPS) is 14.8. The molecule has 0 fully saturated rings. The largest absolute Gasteiger partial charge is 0.480 e. The highest BCUT2D eigenvalue weighted by molar-refractivity contribution is 7.47. The second kappa shape index (κ2) is 42.2. The molecule has 4 atom stereocenters. The number of phosphoric ester groups is 1. The number of esters is 2. The van der Waals surface area contributed by atoms with E-state index in [1.165, 1.54) is 77.0 Å². The number of aliphatic hydroxyl groups is 1. The second-order valence-electron chi connectivity index (χ2n) is 15.4. The van der Waals surface area contributed by atoms with Crippen molar-refractivity contribution in [2.24, 2.45) is 5.73 Å². The summed E-state index contributed by atoms with van der Waals surface area (Å²) in [6.07, 6.45) is 47.0. The van der Waals surface area contributed by atoms with Gasteiger partial charge in [0.1, 0.15) is 12.6 Å². The molecule has 0 aliphatic heterocycles. The number of carboxylic acid groups (broad SMARTS) is 1. The molecule has 0 aromatic rings. The number of hydrogen-bond acceptors (Lipinski definition) is 10. The number of rotatable bonds is 42. The molecule has 61 heavy (non-hydrogen) atoms. The summed E-state index contributed by atoms with van der Waals surface area (Å²) in [6, 6.07) is -1.55. The Bertz CT molecular complexity index is 1330. The molecule has 13 heteroatoms. The van der Waals surface area contributed by atoms with E-state index in [2.05, 4.69) is 54.8 Å². The van der Waals surface area contributed by atoms with Crippen LogP contribution in [0.1, 0.15) is 174 Å². The van der Waals surface area contributed by atoms with Gasteiger partial charge in [0.05, 0.1) is 19.3 Å². The summed E-state index contributed by atoms with van der Waals surface area (Å²) in [7, 11) is -4.76. The van der Waals surface area contributed by atoms with Gasteiger partial charge in [-0.05, 0) is 77.0 Å². The number of nitrogens with two attached hydrogens (primary N) is 1. The molecule has 12 nitrogen and oxygen atoms in total. The Kier molecular flexibility index (Phi) is 40.0. The van der Waals surface area contributed by atoms with Crippen LogP contribution in [-0.4, -0.2) is 71.1 Å².